The Morgan fingerprint density at radius 2 is 1.85 bits per heavy atom. The third-order valence-electron chi connectivity index (χ3n) is 4.46. The van der Waals surface area contributed by atoms with E-state index in [1.807, 2.05) is 43.3 Å². The summed E-state index contributed by atoms with van der Waals surface area (Å²) >= 11 is 0. The predicted octanol–water partition coefficient (Wildman–Crippen LogP) is 3.09. The third-order valence-corrected chi connectivity index (χ3v) is 5.94. The normalized spacial score (nSPS) is 12.7. The molecule has 0 radical (unpaired) electrons. The molecule has 0 heterocycles. The minimum atomic E-state index is -3.67. The smallest absolute Gasteiger partial charge is 0.244 e. The van der Waals surface area contributed by atoms with E-state index < -0.39 is 10.0 Å². The van der Waals surface area contributed by atoms with Gasteiger partial charge in [0.1, 0.15) is 10.6 Å². The second-order valence-corrected chi connectivity index (χ2v) is 7.88. The minimum absolute atomic E-state index is 0.0681. The van der Waals surface area contributed by atoms with Crippen LogP contribution < -0.4 is 9.46 Å². The van der Waals surface area contributed by atoms with E-state index in [1.54, 1.807) is 12.1 Å². The van der Waals surface area contributed by atoms with Gasteiger partial charge in [-0.15, -0.1) is 0 Å². The molecule has 0 aliphatic rings. The van der Waals surface area contributed by atoms with E-state index in [4.69, 9.17) is 4.74 Å². The number of rotatable bonds is 10. The predicted molar refractivity (Wildman–Crippen MR) is 103 cm³/mol. The number of aryl methyl sites for hydroxylation is 1. The second kappa shape index (κ2) is 9.71. The van der Waals surface area contributed by atoms with Crippen LogP contribution in [0.2, 0.25) is 0 Å². The molecule has 0 amide bonds. The van der Waals surface area contributed by atoms with Crippen molar-refractivity contribution in [1.82, 2.24) is 4.72 Å². The first kappa shape index (κ1) is 20.4. The molecule has 0 aliphatic heterocycles. The van der Waals surface area contributed by atoms with Gasteiger partial charge in [0.2, 0.25) is 10.0 Å². The lowest BCUT2D eigenvalue weighted by atomic mass is 9.93. The van der Waals surface area contributed by atoms with Crippen LogP contribution >= 0.6 is 0 Å². The molecule has 1 atom stereocenters. The van der Waals surface area contributed by atoms with Gasteiger partial charge in [-0.25, -0.2) is 13.1 Å². The Balaban J connectivity index is 2.10. The molecule has 0 aliphatic carbocycles. The van der Waals surface area contributed by atoms with Crippen molar-refractivity contribution in [2.45, 2.75) is 37.0 Å². The molecule has 0 aromatic heterocycles. The highest BCUT2D eigenvalue weighted by molar-refractivity contribution is 7.89. The van der Waals surface area contributed by atoms with Crippen molar-refractivity contribution < 1.29 is 18.3 Å². The Morgan fingerprint density at radius 3 is 2.46 bits per heavy atom. The van der Waals surface area contributed by atoms with Crippen molar-refractivity contribution in [3.8, 4) is 5.75 Å². The molecule has 0 saturated carbocycles. The maximum absolute atomic E-state index is 12.7. The first-order valence-corrected chi connectivity index (χ1v) is 10.3. The number of methoxy groups -OCH3 is 1. The monoisotopic (exact) mass is 377 g/mol. The van der Waals surface area contributed by atoms with Gasteiger partial charge in [-0.1, -0.05) is 43.3 Å². The Labute approximate surface area is 156 Å². The lowest BCUT2D eigenvalue weighted by molar-refractivity contribution is 0.273. The highest BCUT2D eigenvalue weighted by atomic mass is 32.2. The summed E-state index contributed by atoms with van der Waals surface area (Å²) in [6, 6.07) is 15.1. The van der Waals surface area contributed by atoms with Gasteiger partial charge in [-0.3, -0.25) is 0 Å². The standard InChI is InChI=1S/C20H27NO4S/c1-3-16-9-10-19(25-2)20(15-16)26(23,24)21-13-11-18(12-14-22)17-7-5-4-6-8-17/h4-10,15,18,21-22H,3,11-14H2,1-2H3. The van der Waals surface area contributed by atoms with Gasteiger partial charge < -0.3 is 9.84 Å². The summed E-state index contributed by atoms with van der Waals surface area (Å²) in [5, 5.41) is 9.31. The summed E-state index contributed by atoms with van der Waals surface area (Å²) in [5.41, 5.74) is 2.04. The van der Waals surface area contributed by atoms with Crippen molar-refractivity contribution in [3.63, 3.8) is 0 Å². The third kappa shape index (κ3) is 5.30. The van der Waals surface area contributed by atoms with Gasteiger partial charge in [-0.2, -0.15) is 0 Å². The highest BCUT2D eigenvalue weighted by Gasteiger charge is 2.20. The molecule has 6 heteroatoms. The van der Waals surface area contributed by atoms with Crippen LogP contribution in [0.1, 0.15) is 36.8 Å². The molecular formula is C20H27NO4S. The Hall–Kier alpha value is -1.89. The zero-order valence-corrected chi connectivity index (χ0v) is 16.1. The van der Waals surface area contributed by atoms with E-state index in [0.717, 1.165) is 17.5 Å². The van der Waals surface area contributed by atoms with Crippen LogP contribution in [-0.4, -0.2) is 33.8 Å². The van der Waals surface area contributed by atoms with Crippen molar-refractivity contribution in [1.29, 1.82) is 0 Å². The Bertz CT molecular complexity index is 791. The average molecular weight is 378 g/mol. The van der Waals surface area contributed by atoms with Crippen molar-refractivity contribution in [3.05, 3.63) is 59.7 Å². The van der Waals surface area contributed by atoms with Gasteiger partial charge in [0.25, 0.3) is 0 Å². The van der Waals surface area contributed by atoms with Gasteiger partial charge >= 0.3 is 0 Å². The van der Waals surface area contributed by atoms with E-state index >= 15 is 0 Å². The quantitative estimate of drug-likeness (QED) is 0.667. The molecule has 0 spiro atoms. The molecule has 0 saturated heterocycles. The van der Waals surface area contributed by atoms with E-state index in [1.165, 1.54) is 7.11 Å². The van der Waals surface area contributed by atoms with Crippen LogP contribution in [0.5, 0.6) is 5.75 Å². The van der Waals surface area contributed by atoms with Gasteiger partial charge in [-0.05, 0) is 48.4 Å². The van der Waals surface area contributed by atoms with Crippen LogP contribution in [0.25, 0.3) is 0 Å². The SMILES string of the molecule is CCc1ccc(OC)c(S(=O)(=O)NCCC(CCO)c2ccccc2)c1. The van der Waals surface area contributed by atoms with Gasteiger partial charge in [0, 0.05) is 13.2 Å². The fourth-order valence-corrected chi connectivity index (χ4v) is 4.22. The number of nitrogens with one attached hydrogen (secondary N) is 1. The first-order valence-electron chi connectivity index (χ1n) is 8.84. The maximum atomic E-state index is 12.7. The topological polar surface area (TPSA) is 75.6 Å². The molecule has 2 N–H and O–H groups in total. The van der Waals surface area contributed by atoms with E-state index in [-0.39, 0.29) is 17.4 Å². The number of aliphatic hydroxyl groups excluding tert-OH is 1. The molecular weight excluding hydrogens is 350 g/mol. The average Bonchev–Trinajstić information content (AvgIpc) is 2.67. The fourth-order valence-electron chi connectivity index (χ4n) is 2.96. The number of hydrogen-bond donors (Lipinski definition) is 2. The van der Waals surface area contributed by atoms with Crippen molar-refractivity contribution in [2.24, 2.45) is 0 Å². The van der Waals surface area contributed by atoms with Crippen molar-refractivity contribution in [2.75, 3.05) is 20.3 Å². The molecule has 5 nitrogen and oxygen atoms in total. The van der Waals surface area contributed by atoms with Crippen molar-refractivity contribution >= 4 is 10.0 Å². The van der Waals surface area contributed by atoms with Crippen LogP contribution in [0.3, 0.4) is 0 Å². The summed E-state index contributed by atoms with van der Waals surface area (Å²) in [4.78, 5) is 0.165. The highest BCUT2D eigenvalue weighted by Crippen LogP contribution is 2.26. The number of aliphatic hydroxyl groups is 1. The van der Waals surface area contributed by atoms with E-state index in [2.05, 4.69) is 4.72 Å². The van der Waals surface area contributed by atoms with E-state index in [9.17, 15) is 13.5 Å². The van der Waals surface area contributed by atoms with Crippen LogP contribution in [0.4, 0.5) is 0 Å². The molecule has 2 aromatic carbocycles. The molecule has 2 rings (SSSR count). The molecule has 1 unspecified atom stereocenters. The van der Waals surface area contributed by atoms with Crippen LogP contribution in [0.15, 0.2) is 53.4 Å². The Morgan fingerprint density at radius 1 is 1.12 bits per heavy atom. The van der Waals surface area contributed by atoms with Crippen LogP contribution in [0, 0.1) is 0 Å². The summed E-state index contributed by atoms with van der Waals surface area (Å²) in [6.07, 6.45) is 1.96. The van der Waals surface area contributed by atoms with Crippen LogP contribution in [-0.2, 0) is 16.4 Å². The summed E-state index contributed by atoms with van der Waals surface area (Å²) < 4.78 is 33.3. The number of sulfonamides is 1. The zero-order valence-electron chi connectivity index (χ0n) is 15.3. The maximum Gasteiger partial charge on any atom is 0.244 e. The largest absolute Gasteiger partial charge is 0.495 e. The lowest BCUT2D eigenvalue weighted by Crippen LogP contribution is -2.26. The number of ether oxygens (including phenoxy) is 1. The molecule has 26 heavy (non-hydrogen) atoms. The fraction of sp³-hybridized carbons (Fsp3) is 0.400. The summed E-state index contributed by atoms with van der Waals surface area (Å²) in [6.45, 7) is 2.34. The number of hydrogen-bond acceptors (Lipinski definition) is 4. The molecule has 0 bridgehead atoms. The first-order chi connectivity index (χ1) is 12.5. The second-order valence-electron chi connectivity index (χ2n) is 6.15. The summed E-state index contributed by atoms with van der Waals surface area (Å²) in [7, 11) is -2.20. The molecule has 2 aromatic rings. The number of benzene rings is 2. The molecule has 142 valence electrons. The van der Waals surface area contributed by atoms with Gasteiger partial charge in [0.15, 0.2) is 0 Å². The minimum Gasteiger partial charge on any atom is -0.495 e. The molecule has 0 fully saturated rings. The zero-order chi connectivity index (χ0) is 19.0. The Kier molecular flexibility index (Phi) is 7.63. The lowest BCUT2D eigenvalue weighted by Gasteiger charge is -2.17. The van der Waals surface area contributed by atoms with Gasteiger partial charge in [0.05, 0.1) is 7.11 Å². The summed E-state index contributed by atoms with van der Waals surface area (Å²) in [5.74, 6) is 0.442. The van der Waals surface area contributed by atoms with E-state index in [0.29, 0.717) is 25.1 Å².